The van der Waals surface area contributed by atoms with Gasteiger partial charge in [-0.1, -0.05) is 30.3 Å². The van der Waals surface area contributed by atoms with Crippen molar-refractivity contribution in [2.75, 3.05) is 24.1 Å². The summed E-state index contributed by atoms with van der Waals surface area (Å²) in [6.07, 6.45) is -0.432. The van der Waals surface area contributed by atoms with Crippen LogP contribution >= 0.6 is 0 Å². The van der Waals surface area contributed by atoms with Crippen LogP contribution in [0, 0.1) is 0 Å². The third-order valence-corrected chi connectivity index (χ3v) is 4.99. The van der Waals surface area contributed by atoms with Crippen molar-refractivity contribution in [3.63, 3.8) is 0 Å². The lowest BCUT2D eigenvalue weighted by Crippen LogP contribution is -2.43. The second kappa shape index (κ2) is 6.49. The molecule has 0 aromatic heterocycles. The van der Waals surface area contributed by atoms with E-state index in [4.69, 9.17) is 14.2 Å². The monoisotopic (exact) mass is 374 g/mol. The van der Waals surface area contributed by atoms with Crippen molar-refractivity contribution >= 4 is 17.3 Å². The quantitative estimate of drug-likeness (QED) is 0.745. The highest BCUT2D eigenvalue weighted by Crippen LogP contribution is 2.42. The molecule has 1 atom stereocenters. The highest BCUT2D eigenvalue weighted by molar-refractivity contribution is 6.12. The van der Waals surface area contributed by atoms with E-state index in [1.54, 1.807) is 12.0 Å². The van der Waals surface area contributed by atoms with Gasteiger partial charge in [0.2, 0.25) is 6.79 Å². The van der Waals surface area contributed by atoms with Crippen LogP contribution in [0.4, 0.5) is 11.4 Å². The van der Waals surface area contributed by atoms with Gasteiger partial charge in [0.1, 0.15) is 11.9 Å². The molecule has 1 N–H and O–H groups in total. The van der Waals surface area contributed by atoms with E-state index in [9.17, 15) is 4.79 Å². The van der Waals surface area contributed by atoms with Crippen LogP contribution < -0.4 is 24.4 Å². The minimum absolute atomic E-state index is 0.0934. The molecule has 1 amide bonds. The third kappa shape index (κ3) is 2.53. The summed E-state index contributed by atoms with van der Waals surface area (Å²) in [4.78, 5) is 15.2. The van der Waals surface area contributed by atoms with Gasteiger partial charge in [0, 0.05) is 17.3 Å². The van der Waals surface area contributed by atoms with Crippen LogP contribution in [0.1, 0.15) is 22.1 Å². The van der Waals surface area contributed by atoms with Crippen molar-refractivity contribution in [1.82, 2.24) is 0 Å². The van der Waals surface area contributed by atoms with Crippen LogP contribution in [-0.4, -0.2) is 19.8 Å². The van der Waals surface area contributed by atoms with Crippen molar-refractivity contribution < 1.29 is 19.0 Å². The summed E-state index contributed by atoms with van der Waals surface area (Å²) < 4.78 is 16.5. The number of hydrogen-bond acceptors (Lipinski definition) is 5. The highest BCUT2D eigenvalue weighted by Gasteiger charge is 2.36. The topological polar surface area (TPSA) is 60.0 Å². The lowest BCUT2D eigenvalue weighted by molar-refractivity contribution is 0.0974. The molecule has 0 fully saturated rings. The number of rotatable bonds is 3. The largest absolute Gasteiger partial charge is 0.496 e. The second-order valence-electron chi connectivity index (χ2n) is 6.55. The number of hydrogen-bond donors (Lipinski definition) is 1. The average Bonchev–Trinajstić information content (AvgIpc) is 3.21. The van der Waals surface area contributed by atoms with Gasteiger partial charge in [-0.2, -0.15) is 0 Å². The molecule has 1 unspecified atom stereocenters. The van der Waals surface area contributed by atoms with E-state index in [0.717, 1.165) is 11.3 Å². The minimum atomic E-state index is -0.432. The Kier molecular flexibility index (Phi) is 3.83. The Balaban J connectivity index is 1.67. The summed E-state index contributed by atoms with van der Waals surface area (Å²) in [5.74, 6) is 1.92. The summed E-state index contributed by atoms with van der Waals surface area (Å²) in [5, 5.41) is 3.49. The van der Waals surface area contributed by atoms with E-state index < -0.39 is 6.17 Å². The van der Waals surface area contributed by atoms with E-state index in [2.05, 4.69) is 5.32 Å². The summed E-state index contributed by atoms with van der Waals surface area (Å²) >= 11 is 0. The van der Waals surface area contributed by atoms with E-state index >= 15 is 0 Å². The number of anilines is 2. The molecule has 2 heterocycles. The molecule has 6 heteroatoms. The molecule has 3 aromatic rings. The molecule has 5 rings (SSSR count). The first-order valence-electron chi connectivity index (χ1n) is 8.98. The second-order valence-corrected chi connectivity index (χ2v) is 6.55. The van der Waals surface area contributed by atoms with Crippen LogP contribution in [0.2, 0.25) is 0 Å². The van der Waals surface area contributed by atoms with Gasteiger partial charge in [-0.05, 0) is 30.3 Å². The van der Waals surface area contributed by atoms with Gasteiger partial charge in [-0.3, -0.25) is 9.69 Å². The van der Waals surface area contributed by atoms with Gasteiger partial charge >= 0.3 is 0 Å². The van der Waals surface area contributed by atoms with Crippen molar-refractivity contribution in [3.05, 3.63) is 77.9 Å². The highest BCUT2D eigenvalue weighted by atomic mass is 16.7. The van der Waals surface area contributed by atoms with Gasteiger partial charge in [0.05, 0.1) is 18.4 Å². The van der Waals surface area contributed by atoms with Crippen LogP contribution in [0.25, 0.3) is 0 Å². The van der Waals surface area contributed by atoms with Gasteiger partial charge in [0.15, 0.2) is 11.5 Å². The fraction of sp³-hybridized carbons (Fsp3) is 0.136. The van der Waals surface area contributed by atoms with Gasteiger partial charge in [0.25, 0.3) is 5.91 Å². The van der Waals surface area contributed by atoms with Crippen LogP contribution in [0.3, 0.4) is 0 Å². The van der Waals surface area contributed by atoms with Gasteiger partial charge < -0.3 is 19.5 Å². The Hall–Kier alpha value is -3.67. The predicted octanol–water partition coefficient (Wildman–Crippen LogP) is 4.20. The number of nitrogens with one attached hydrogen (secondary N) is 1. The number of fused-ring (bicyclic) bond motifs is 2. The normalized spacial score (nSPS) is 17.1. The summed E-state index contributed by atoms with van der Waals surface area (Å²) in [7, 11) is 1.63. The minimum Gasteiger partial charge on any atom is -0.496 e. The average molecular weight is 374 g/mol. The number of ether oxygens (including phenoxy) is 3. The Labute approximate surface area is 162 Å². The molecule has 28 heavy (non-hydrogen) atoms. The van der Waals surface area contributed by atoms with E-state index in [1.165, 1.54) is 0 Å². The molecule has 0 spiro atoms. The van der Waals surface area contributed by atoms with Crippen molar-refractivity contribution in [1.29, 1.82) is 0 Å². The fourth-order valence-corrected chi connectivity index (χ4v) is 3.66. The Morgan fingerprint density at radius 3 is 2.68 bits per heavy atom. The van der Waals surface area contributed by atoms with Crippen LogP contribution in [0.15, 0.2) is 66.7 Å². The third-order valence-electron chi connectivity index (χ3n) is 4.99. The molecule has 0 saturated carbocycles. The van der Waals surface area contributed by atoms with Crippen molar-refractivity contribution in [3.8, 4) is 17.2 Å². The number of carbonyl (C=O) groups is 1. The molecule has 3 aromatic carbocycles. The first-order chi connectivity index (χ1) is 13.8. The summed E-state index contributed by atoms with van der Waals surface area (Å²) in [5.41, 5.74) is 2.99. The van der Waals surface area contributed by atoms with E-state index in [0.29, 0.717) is 28.5 Å². The zero-order chi connectivity index (χ0) is 19.1. The molecule has 0 radical (unpaired) electrons. The van der Waals surface area contributed by atoms with Crippen molar-refractivity contribution in [2.45, 2.75) is 6.17 Å². The lowest BCUT2D eigenvalue weighted by atomic mass is 10.0. The smallest absolute Gasteiger partial charge is 0.262 e. The first-order valence-corrected chi connectivity index (χ1v) is 8.98. The number of methoxy groups -OCH3 is 1. The molecular formula is C22H18N2O4. The standard InChI is InChI=1S/C22H18N2O4/c1-26-18-9-5-3-7-16(18)21-23-17-8-4-2-6-15(17)22(25)24(21)14-10-11-19-20(12-14)28-13-27-19/h2-12,21,23H,13H2,1H3. The van der Waals surface area contributed by atoms with Crippen LogP contribution in [-0.2, 0) is 0 Å². The summed E-state index contributed by atoms with van der Waals surface area (Å²) in [6.45, 7) is 0.184. The molecule has 6 nitrogen and oxygen atoms in total. The molecule has 2 aliphatic rings. The number of carbonyl (C=O) groups excluding carboxylic acids is 1. The fourth-order valence-electron chi connectivity index (χ4n) is 3.66. The zero-order valence-electron chi connectivity index (χ0n) is 15.2. The zero-order valence-corrected chi connectivity index (χ0v) is 15.2. The number of para-hydroxylation sites is 2. The Morgan fingerprint density at radius 2 is 1.79 bits per heavy atom. The van der Waals surface area contributed by atoms with E-state index in [-0.39, 0.29) is 12.7 Å². The molecule has 0 saturated heterocycles. The molecular weight excluding hydrogens is 356 g/mol. The Bertz CT molecular complexity index is 1070. The number of benzene rings is 3. The Morgan fingerprint density at radius 1 is 1.00 bits per heavy atom. The maximum absolute atomic E-state index is 13.5. The van der Waals surface area contributed by atoms with Crippen molar-refractivity contribution in [2.24, 2.45) is 0 Å². The molecule has 140 valence electrons. The molecule has 0 aliphatic carbocycles. The maximum atomic E-state index is 13.5. The SMILES string of the molecule is COc1ccccc1C1Nc2ccccc2C(=O)N1c1ccc2c(c1)OCO2. The maximum Gasteiger partial charge on any atom is 0.262 e. The van der Waals surface area contributed by atoms with E-state index in [1.807, 2.05) is 66.7 Å². The van der Waals surface area contributed by atoms with Gasteiger partial charge in [-0.25, -0.2) is 0 Å². The first kappa shape index (κ1) is 16.5. The summed E-state index contributed by atoms with van der Waals surface area (Å²) in [6, 6.07) is 20.7. The molecule has 0 bridgehead atoms. The molecule has 2 aliphatic heterocycles. The number of nitrogens with zero attached hydrogens (tertiary/aromatic N) is 1. The predicted molar refractivity (Wildman–Crippen MR) is 105 cm³/mol. The van der Waals surface area contributed by atoms with Crippen LogP contribution in [0.5, 0.6) is 17.2 Å². The lowest BCUT2D eigenvalue weighted by Gasteiger charge is -2.38. The van der Waals surface area contributed by atoms with Gasteiger partial charge in [-0.15, -0.1) is 0 Å². The number of amides is 1.